The van der Waals surface area contributed by atoms with Gasteiger partial charge in [-0.15, -0.1) is 11.3 Å². The summed E-state index contributed by atoms with van der Waals surface area (Å²) in [5.41, 5.74) is 2.21. The smallest absolute Gasteiger partial charge is 0.295 e. The second-order valence-corrected chi connectivity index (χ2v) is 8.28. The summed E-state index contributed by atoms with van der Waals surface area (Å²) in [6.07, 6.45) is 1.55. The zero-order valence-corrected chi connectivity index (χ0v) is 15.7. The van der Waals surface area contributed by atoms with Gasteiger partial charge in [-0.05, 0) is 24.3 Å². The van der Waals surface area contributed by atoms with Crippen molar-refractivity contribution >= 4 is 44.0 Å². The van der Waals surface area contributed by atoms with E-state index >= 15 is 0 Å². The number of benzene rings is 1. The summed E-state index contributed by atoms with van der Waals surface area (Å²) >= 11 is 1.54. The van der Waals surface area contributed by atoms with Gasteiger partial charge in [-0.3, -0.25) is 15.5 Å². The molecule has 0 unspecified atom stereocenters. The Balaban J connectivity index is 1.72. The van der Waals surface area contributed by atoms with E-state index in [9.17, 15) is 18.5 Å². The second-order valence-electron chi connectivity index (χ2n) is 5.63. The van der Waals surface area contributed by atoms with E-state index < -0.39 is 20.6 Å². The average Bonchev–Trinajstić information content (AvgIpc) is 3.10. The number of nitrogens with one attached hydrogen (secondary N) is 1. The second kappa shape index (κ2) is 8.00. The summed E-state index contributed by atoms with van der Waals surface area (Å²) < 4.78 is 28.0. The predicted molar refractivity (Wildman–Crippen MR) is 103 cm³/mol. The zero-order chi connectivity index (χ0) is 19.4. The molecular formula is C15H17N5O5S2. The van der Waals surface area contributed by atoms with Crippen LogP contribution in [0.3, 0.4) is 0 Å². The molecular weight excluding hydrogens is 394 g/mol. The molecule has 3 N–H and O–H groups in total. The molecule has 10 nitrogen and oxygen atoms in total. The van der Waals surface area contributed by atoms with E-state index in [1.54, 1.807) is 17.6 Å². The Bertz CT molecular complexity index is 967. The van der Waals surface area contributed by atoms with Crippen molar-refractivity contribution in [2.45, 2.75) is 4.90 Å². The largest absolute Gasteiger partial charge is 0.378 e. The summed E-state index contributed by atoms with van der Waals surface area (Å²) in [5.74, 6) is 0. The first-order valence-corrected chi connectivity index (χ1v) is 10.2. The quantitative estimate of drug-likeness (QED) is 0.418. The molecule has 0 aliphatic carbocycles. The van der Waals surface area contributed by atoms with Crippen molar-refractivity contribution in [1.29, 1.82) is 0 Å². The van der Waals surface area contributed by atoms with Crippen molar-refractivity contribution in [3.63, 3.8) is 0 Å². The fraction of sp³-hybridized carbons (Fsp3) is 0.267. The molecule has 0 radical (unpaired) electrons. The van der Waals surface area contributed by atoms with Crippen LogP contribution in [0, 0.1) is 10.1 Å². The molecule has 1 aliphatic rings. The van der Waals surface area contributed by atoms with Gasteiger partial charge in [-0.2, -0.15) is 5.10 Å². The number of hydrogen-bond donors (Lipinski definition) is 2. The summed E-state index contributed by atoms with van der Waals surface area (Å²) in [6.45, 7) is 3.05. The van der Waals surface area contributed by atoms with Crippen LogP contribution < -0.4 is 15.5 Å². The molecule has 2 heterocycles. The zero-order valence-electron chi connectivity index (χ0n) is 14.1. The van der Waals surface area contributed by atoms with Gasteiger partial charge in [0.2, 0.25) is 10.0 Å². The number of morpholine rings is 1. The Morgan fingerprint density at radius 1 is 1.30 bits per heavy atom. The summed E-state index contributed by atoms with van der Waals surface area (Å²) in [5, 5.41) is 21.3. The number of ether oxygens (including phenoxy) is 1. The van der Waals surface area contributed by atoms with E-state index in [1.165, 1.54) is 12.1 Å². The van der Waals surface area contributed by atoms with Gasteiger partial charge in [0.25, 0.3) is 5.69 Å². The molecule has 12 heteroatoms. The Labute approximate surface area is 159 Å². The third-order valence-corrected chi connectivity index (χ3v) is 5.80. The number of hydrazone groups is 1. The first-order valence-electron chi connectivity index (χ1n) is 7.87. The molecule has 144 valence electrons. The molecule has 0 spiro atoms. The fourth-order valence-corrected chi connectivity index (χ4v) is 3.93. The lowest BCUT2D eigenvalue weighted by molar-refractivity contribution is -0.384. The number of primary sulfonamides is 1. The van der Waals surface area contributed by atoms with E-state index in [1.807, 2.05) is 12.1 Å². The van der Waals surface area contributed by atoms with Crippen LogP contribution in [0.2, 0.25) is 0 Å². The van der Waals surface area contributed by atoms with Crippen molar-refractivity contribution in [3.8, 4) is 0 Å². The molecule has 1 aromatic carbocycles. The van der Waals surface area contributed by atoms with Crippen LogP contribution >= 0.6 is 11.3 Å². The van der Waals surface area contributed by atoms with Gasteiger partial charge in [-0.1, -0.05) is 0 Å². The standard InChI is InChI=1S/C15H17N5O5S2/c16-27(23,24)12-2-3-13(14(9-12)20(21)22)18-17-10-11-1-4-15(26-11)19-5-7-25-8-6-19/h1-4,9-10,18H,5-8H2,(H2,16,23,24). The molecule has 0 atom stereocenters. The molecule has 0 saturated carbocycles. The third-order valence-electron chi connectivity index (χ3n) is 3.81. The van der Waals surface area contributed by atoms with Gasteiger partial charge >= 0.3 is 0 Å². The highest BCUT2D eigenvalue weighted by Gasteiger charge is 2.19. The number of hydrogen-bond acceptors (Lipinski definition) is 9. The maximum atomic E-state index is 11.3. The highest BCUT2D eigenvalue weighted by molar-refractivity contribution is 7.89. The third kappa shape index (κ3) is 4.80. The van der Waals surface area contributed by atoms with Crippen LogP contribution in [0.25, 0.3) is 0 Å². The molecule has 1 aromatic heterocycles. The Hall–Kier alpha value is -2.54. The number of nitro groups is 1. The topological polar surface area (TPSA) is 140 Å². The summed E-state index contributed by atoms with van der Waals surface area (Å²) in [6, 6.07) is 7.22. The van der Waals surface area contributed by atoms with Crippen LogP contribution in [-0.2, 0) is 14.8 Å². The van der Waals surface area contributed by atoms with Gasteiger partial charge in [0.1, 0.15) is 5.69 Å². The van der Waals surface area contributed by atoms with E-state index in [2.05, 4.69) is 15.4 Å². The van der Waals surface area contributed by atoms with Gasteiger partial charge in [0.05, 0.1) is 34.2 Å². The van der Waals surface area contributed by atoms with Gasteiger partial charge < -0.3 is 9.64 Å². The number of nitrogens with zero attached hydrogens (tertiary/aromatic N) is 3. The molecule has 1 fully saturated rings. The summed E-state index contributed by atoms with van der Waals surface area (Å²) in [4.78, 5) is 13.2. The molecule has 0 bridgehead atoms. The van der Waals surface area contributed by atoms with Crippen LogP contribution in [0.15, 0.2) is 40.3 Å². The minimum atomic E-state index is -4.03. The van der Waals surface area contributed by atoms with Gasteiger partial charge in [0.15, 0.2) is 0 Å². The number of thiophene rings is 1. The van der Waals surface area contributed by atoms with Crippen molar-refractivity contribution in [3.05, 3.63) is 45.3 Å². The number of nitrogens with two attached hydrogens (primary N) is 1. The average molecular weight is 411 g/mol. The van der Waals surface area contributed by atoms with Gasteiger partial charge in [0, 0.05) is 24.0 Å². The number of rotatable bonds is 6. The van der Waals surface area contributed by atoms with E-state index in [4.69, 9.17) is 9.88 Å². The number of nitro benzene ring substituents is 1. The number of sulfonamides is 1. The normalized spacial score (nSPS) is 15.2. The molecule has 1 saturated heterocycles. The Morgan fingerprint density at radius 2 is 2.04 bits per heavy atom. The van der Waals surface area contributed by atoms with Crippen molar-refractivity contribution in [2.75, 3.05) is 36.6 Å². The van der Waals surface area contributed by atoms with Crippen LogP contribution in [-0.4, -0.2) is 45.9 Å². The molecule has 3 rings (SSSR count). The minimum Gasteiger partial charge on any atom is -0.378 e. The first-order chi connectivity index (χ1) is 12.8. The number of anilines is 2. The lowest BCUT2D eigenvalue weighted by atomic mass is 10.3. The molecule has 27 heavy (non-hydrogen) atoms. The maximum absolute atomic E-state index is 11.3. The minimum absolute atomic E-state index is 0.0635. The van der Waals surface area contributed by atoms with Crippen LogP contribution in [0.5, 0.6) is 0 Å². The Kier molecular flexibility index (Phi) is 5.70. The van der Waals surface area contributed by atoms with E-state index in [0.29, 0.717) is 13.2 Å². The van der Waals surface area contributed by atoms with Crippen molar-refractivity contribution in [2.24, 2.45) is 10.2 Å². The highest BCUT2D eigenvalue weighted by Crippen LogP contribution is 2.28. The highest BCUT2D eigenvalue weighted by atomic mass is 32.2. The van der Waals surface area contributed by atoms with Crippen molar-refractivity contribution in [1.82, 2.24) is 0 Å². The predicted octanol–water partition coefficient (Wildman–Crippen LogP) is 1.59. The lowest BCUT2D eigenvalue weighted by Crippen LogP contribution is -2.35. The van der Waals surface area contributed by atoms with E-state index in [0.717, 1.165) is 29.0 Å². The SMILES string of the molecule is NS(=O)(=O)c1ccc(NN=Cc2ccc(N3CCOCC3)s2)c([N+](=O)[O-])c1. The summed E-state index contributed by atoms with van der Waals surface area (Å²) in [7, 11) is -4.03. The van der Waals surface area contributed by atoms with Crippen LogP contribution in [0.4, 0.5) is 16.4 Å². The van der Waals surface area contributed by atoms with Crippen LogP contribution in [0.1, 0.15) is 4.88 Å². The molecule has 1 aliphatic heterocycles. The fourth-order valence-electron chi connectivity index (χ4n) is 2.46. The maximum Gasteiger partial charge on any atom is 0.295 e. The van der Waals surface area contributed by atoms with Gasteiger partial charge in [-0.25, -0.2) is 13.6 Å². The molecule has 2 aromatic rings. The lowest BCUT2D eigenvalue weighted by Gasteiger charge is -2.27. The van der Waals surface area contributed by atoms with E-state index in [-0.39, 0.29) is 10.6 Å². The Morgan fingerprint density at radius 3 is 2.70 bits per heavy atom. The monoisotopic (exact) mass is 411 g/mol. The first kappa shape index (κ1) is 19.2. The molecule has 0 amide bonds. The van der Waals surface area contributed by atoms with Crippen molar-refractivity contribution < 1.29 is 18.1 Å².